The van der Waals surface area contributed by atoms with Gasteiger partial charge in [0.1, 0.15) is 11.6 Å². The molecule has 0 aliphatic carbocycles. The van der Waals surface area contributed by atoms with Gasteiger partial charge in [-0.25, -0.2) is 9.37 Å². The number of benzene rings is 1. The smallest absolute Gasteiger partial charge is 0.128 e. The molecule has 5 heteroatoms. The van der Waals surface area contributed by atoms with Crippen molar-refractivity contribution in [2.75, 3.05) is 13.2 Å². The van der Waals surface area contributed by atoms with Gasteiger partial charge in [0.15, 0.2) is 0 Å². The summed E-state index contributed by atoms with van der Waals surface area (Å²) >= 11 is 6.25. The molecule has 2 atom stereocenters. The maximum absolute atomic E-state index is 13.7. The molecule has 3 rings (SSSR count). The predicted molar refractivity (Wildman–Crippen MR) is 82.2 cm³/mol. The van der Waals surface area contributed by atoms with Gasteiger partial charge in [0.25, 0.3) is 0 Å². The molecule has 0 spiro atoms. The molecule has 0 amide bonds. The minimum atomic E-state index is -0.217. The number of aryl methyl sites for hydroxylation is 2. The lowest BCUT2D eigenvalue weighted by Crippen LogP contribution is -2.09. The molecule has 1 saturated heterocycles. The van der Waals surface area contributed by atoms with Gasteiger partial charge in [0.05, 0.1) is 16.4 Å². The molecular formula is C16H20ClFN2O. The molecule has 0 saturated carbocycles. The van der Waals surface area contributed by atoms with E-state index in [-0.39, 0.29) is 11.2 Å². The highest BCUT2D eigenvalue weighted by Gasteiger charge is 2.20. The van der Waals surface area contributed by atoms with Crippen LogP contribution in [0.5, 0.6) is 0 Å². The predicted octanol–water partition coefficient (Wildman–Crippen LogP) is 4.21. The maximum atomic E-state index is 13.7. The zero-order valence-corrected chi connectivity index (χ0v) is 13.2. The van der Waals surface area contributed by atoms with Crippen LogP contribution < -0.4 is 0 Å². The molecule has 3 nitrogen and oxygen atoms in total. The van der Waals surface area contributed by atoms with Crippen LogP contribution >= 0.6 is 11.6 Å². The highest BCUT2D eigenvalue weighted by molar-refractivity contribution is 6.20. The second kappa shape index (κ2) is 5.93. The molecule has 1 aliphatic heterocycles. The summed E-state index contributed by atoms with van der Waals surface area (Å²) in [5.41, 5.74) is 2.29. The normalized spacial score (nSPS) is 20.3. The summed E-state index contributed by atoms with van der Waals surface area (Å²) in [6, 6.07) is 3.37. The molecule has 2 unspecified atom stereocenters. The first kappa shape index (κ1) is 14.8. The number of nitrogens with zero attached hydrogens (tertiary/aromatic N) is 2. The first-order chi connectivity index (χ1) is 10.1. The third-order valence-electron chi connectivity index (χ3n) is 4.20. The topological polar surface area (TPSA) is 27.1 Å². The molecule has 2 aromatic rings. The Morgan fingerprint density at radius 2 is 2.33 bits per heavy atom. The van der Waals surface area contributed by atoms with Gasteiger partial charge in [-0.05, 0) is 44.2 Å². The molecule has 21 heavy (non-hydrogen) atoms. The summed E-state index contributed by atoms with van der Waals surface area (Å²) in [7, 11) is 0. The van der Waals surface area contributed by atoms with Crippen molar-refractivity contribution in [3.8, 4) is 0 Å². The van der Waals surface area contributed by atoms with E-state index in [0.29, 0.717) is 17.0 Å². The Bertz CT molecular complexity index is 647. The zero-order valence-electron chi connectivity index (χ0n) is 12.4. The van der Waals surface area contributed by atoms with Crippen LogP contribution in [0.25, 0.3) is 11.0 Å². The van der Waals surface area contributed by atoms with Gasteiger partial charge in [-0.2, -0.15) is 0 Å². The van der Waals surface area contributed by atoms with E-state index >= 15 is 0 Å². The van der Waals surface area contributed by atoms with Gasteiger partial charge >= 0.3 is 0 Å². The van der Waals surface area contributed by atoms with Crippen molar-refractivity contribution >= 4 is 22.6 Å². The van der Waals surface area contributed by atoms with Gasteiger partial charge in [0, 0.05) is 25.8 Å². The summed E-state index contributed by atoms with van der Waals surface area (Å²) in [5.74, 6) is 1.20. The second-order valence-corrected chi connectivity index (χ2v) is 6.50. The number of alkyl halides is 1. The third kappa shape index (κ3) is 2.92. The van der Waals surface area contributed by atoms with Crippen LogP contribution in [0.15, 0.2) is 12.1 Å². The van der Waals surface area contributed by atoms with E-state index in [1.807, 2.05) is 13.0 Å². The quantitative estimate of drug-likeness (QED) is 0.791. The number of imidazole rings is 1. The van der Waals surface area contributed by atoms with Crippen molar-refractivity contribution < 1.29 is 9.13 Å². The van der Waals surface area contributed by atoms with Crippen LogP contribution in [0.3, 0.4) is 0 Å². The molecule has 1 aliphatic rings. The van der Waals surface area contributed by atoms with Crippen molar-refractivity contribution in [2.45, 2.75) is 38.6 Å². The molecule has 1 aromatic carbocycles. The van der Waals surface area contributed by atoms with Gasteiger partial charge in [-0.15, -0.1) is 11.6 Å². The van der Waals surface area contributed by atoms with E-state index in [2.05, 4.69) is 9.55 Å². The Labute approximate surface area is 129 Å². The van der Waals surface area contributed by atoms with E-state index < -0.39 is 0 Å². The maximum Gasteiger partial charge on any atom is 0.128 e. The number of rotatable bonds is 4. The summed E-state index contributed by atoms with van der Waals surface area (Å²) < 4.78 is 21.3. The minimum Gasteiger partial charge on any atom is -0.381 e. The fourth-order valence-corrected chi connectivity index (χ4v) is 3.10. The molecule has 0 radical (unpaired) electrons. The Hall–Kier alpha value is -1.13. The Morgan fingerprint density at radius 1 is 1.52 bits per heavy atom. The van der Waals surface area contributed by atoms with Crippen molar-refractivity contribution in [3.63, 3.8) is 0 Å². The Kier molecular flexibility index (Phi) is 4.18. The lowest BCUT2D eigenvalue weighted by Gasteiger charge is -2.13. The largest absolute Gasteiger partial charge is 0.381 e. The Balaban J connectivity index is 1.96. The average Bonchev–Trinajstić information content (AvgIpc) is 3.05. The second-order valence-electron chi connectivity index (χ2n) is 5.85. The number of hydrogen-bond donors (Lipinski definition) is 0. The van der Waals surface area contributed by atoms with Crippen molar-refractivity contribution in [1.29, 1.82) is 0 Å². The summed E-state index contributed by atoms with van der Waals surface area (Å²) in [5, 5.41) is -0.194. The number of aromatic nitrogens is 2. The number of halogens is 2. The average molecular weight is 311 g/mol. The zero-order chi connectivity index (χ0) is 15.0. The van der Waals surface area contributed by atoms with Gasteiger partial charge in [-0.3, -0.25) is 0 Å². The molecule has 1 aromatic heterocycles. The molecule has 0 bridgehead atoms. The third-order valence-corrected chi connectivity index (χ3v) is 4.39. The first-order valence-electron chi connectivity index (χ1n) is 7.44. The number of hydrogen-bond acceptors (Lipinski definition) is 2. The summed E-state index contributed by atoms with van der Waals surface area (Å²) in [4.78, 5) is 4.52. The van der Waals surface area contributed by atoms with Crippen molar-refractivity contribution in [1.82, 2.24) is 9.55 Å². The molecular weight excluding hydrogens is 291 g/mol. The van der Waals surface area contributed by atoms with Crippen LogP contribution in [0, 0.1) is 18.7 Å². The van der Waals surface area contributed by atoms with E-state index in [4.69, 9.17) is 16.3 Å². The van der Waals surface area contributed by atoms with Crippen molar-refractivity contribution in [2.24, 2.45) is 5.92 Å². The summed E-state index contributed by atoms with van der Waals surface area (Å²) in [6.45, 7) is 6.23. The minimum absolute atomic E-state index is 0.194. The fourth-order valence-electron chi connectivity index (χ4n) is 2.93. The standard InChI is InChI=1S/C16H20ClFN2O/c1-10-7-15-14(8-13(10)18)19-16(11(2)17)20(15)5-3-12-4-6-21-9-12/h7-8,11-12H,3-6,9H2,1-2H3. The van der Waals surface area contributed by atoms with Crippen molar-refractivity contribution in [3.05, 3.63) is 29.3 Å². The summed E-state index contributed by atoms with van der Waals surface area (Å²) in [6.07, 6.45) is 2.16. The van der Waals surface area contributed by atoms with E-state index in [0.717, 1.165) is 43.9 Å². The van der Waals surface area contributed by atoms with Gasteiger partial charge in [0.2, 0.25) is 0 Å². The van der Waals surface area contributed by atoms with E-state index in [9.17, 15) is 4.39 Å². The van der Waals surface area contributed by atoms with Crippen LogP contribution in [-0.4, -0.2) is 22.8 Å². The van der Waals surface area contributed by atoms with E-state index in [1.165, 1.54) is 6.07 Å². The van der Waals surface area contributed by atoms with Crippen LogP contribution in [0.2, 0.25) is 0 Å². The molecule has 0 N–H and O–H groups in total. The first-order valence-corrected chi connectivity index (χ1v) is 7.88. The Morgan fingerprint density at radius 3 is 3.00 bits per heavy atom. The van der Waals surface area contributed by atoms with E-state index in [1.54, 1.807) is 6.92 Å². The number of ether oxygens (including phenoxy) is 1. The fraction of sp³-hybridized carbons (Fsp3) is 0.562. The monoisotopic (exact) mass is 310 g/mol. The van der Waals surface area contributed by atoms with Crippen LogP contribution in [0.4, 0.5) is 4.39 Å². The van der Waals surface area contributed by atoms with Crippen LogP contribution in [-0.2, 0) is 11.3 Å². The SMILES string of the molecule is Cc1cc2c(cc1F)nc(C(C)Cl)n2CCC1CCOC1. The lowest BCUT2D eigenvalue weighted by molar-refractivity contribution is 0.183. The molecule has 114 valence electrons. The lowest BCUT2D eigenvalue weighted by atomic mass is 10.1. The highest BCUT2D eigenvalue weighted by atomic mass is 35.5. The molecule has 2 heterocycles. The van der Waals surface area contributed by atoms with Gasteiger partial charge in [-0.1, -0.05) is 0 Å². The van der Waals surface area contributed by atoms with Crippen LogP contribution in [0.1, 0.15) is 36.5 Å². The molecule has 1 fully saturated rings. The highest BCUT2D eigenvalue weighted by Crippen LogP contribution is 2.28. The van der Waals surface area contributed by atoms with Gasteiger partial charge < -0.3 is 9.30 Å². The number of fused-ring (bicyclic) bond motifs is 1.